The standard InChI is InChI=1S/C16H34N4O2.HI/c1-4-17-16(18-8-6-5-7-11-21-3)19-14-15(2)20-9-12-22-13-10-20;/h15H,4-14H2,1-3H3,(H2,17,18,19);1H. The molecule has 0 spiro atoms. The Bertz CT molecular complexity index is 300. The summed E-state index contributed by atoms with van der Waals surface area (Å²) in [4.78, 5) is 7.16. The van der Waals surface area contributed by atoms with E-state index in [2.05, 4.69) is 29.4 Å². The normalized spacial score (nSPS) is 17.4. The van der Waals surface area contributed by atoms with Crippen LogP contribution in [0.5, 0.6) is 0 Å². The summed E-state index contributed by atoms with van der Waals surface area (Å²) < 4.78 is 10.5. The monoisotopic (exact) mass is 442 g/mol. The number of rotatable bonds is 10. The Morgan fingerprint density at radius 2 is 1.96 bits per heavy atom. The molecule has 1 atom stereocenters. The molecule has 1 saturated heterocycles. The number of guanidine groups is 1. The Labute approximate surface area is 158 Å². The van der Waals surface area contributed by atoms with Crippen LogP contribution in [0.4, 0.5) is 0 Å². The van der Waals surface area contributed by atoms with Gasteiger partial charge in [-0.1, -0.05) is 0 Å². The first-order valence-electron chi connectivity index (χ1n) is 8.60. The van der Waals surface area contributed by atoms with E-state index in [4.69, 9.17) is 14.5 Å². The summed E-state index contributed by atoms with van der Waals surface area (Å²) in [5.41, 5.74) is 0. The van der Waals surface area contributed by atoms with Crippen molar-refractivity contribution in [3.8, 4) is 0 Å². The minimum absolute atomic E-state index is 0. The summed E-state index contributed by atoms with van der Waals surface area (Å²) in [7, 11) is 1.75. The summed E-state index contributed by atoms with van der Waals surface area (Å²) >= 11 is 0. The fourth-order valence-corrected chi connectivity index (χ4v) is 2.45. The number of aliphatic imine (C=N–C) groups is 1. The number of unbranched alkanes of at least 4 members (excludes halogenated alkanes) is 2. The van der Waals surface area contributed by atoms with Crippen molar-refractivity contribution < 1.29 is 9.47 Å². The van der Waals surface area contributed by atoms with Gasteiger partial charge in [0, 0.05) is 45.9 Å². The lowest BCUT2D eigenvalue weighted by molar-refractivity contribution is 0.0220. The number of nitrogens with zero attached hydrogens (tertiary/aromatic N) is 2. The van der Waals surface area contributed by atoms with Crippen LogP contribution in [-0.4, -0.2) is 76.6 Å². The molecule has 2 N–H and O–H groups in total. The van der Waals surface area contributed by atoms with Crippen LogP contribution in [0.1, 0.15) is 33.1 Å². The molecule has 0 bridgehead atoms. The van der Waals surface area contributed by atoms with E-state index in [9.17, 15) is 0 Å². The Hall–Kier alpha value is -0.120. The van der Waals surface area contributed by atoms with Gasteiger partial charge in [-0.05, 0) is 33.1 Å². The van der Waals surface area contributed by atoms with Gasteiger partial charge in [-0.15, -0.1) is 24.0 Å². The van der Waals surface area contributed by atoms with Gasteiger partial charge in [0.25, 0.3) is 0 Å². The van der Waals surface area contributed by atoms with E-state index < -0.39 is 0 Å². The predicted molar refractivity (Wildman–Crippen MR) is 107 cm³/mol. The second-order valence-corrected chi connectivity index (χ2v) is 5.70. The number of hydrogen-bond acceptors (Lipinski definition) is 4. The van der Waals surface area contributed by atoms with Gasteiger partial charge in [0.15, 0.2) is 5.96 Å². The van der Waals surface area contributed by atoms with E-state index in [0.717, 1.165) is 71.3 Å². The predicted octanol–water partition coefficient (Wildman–Crippen LogP) is 1.70. The van der Waals surface area contributed by atoms with Gasteiger partial charge in [-0.25, -0.2) is 0 Å². The van der Waals surface area contributed by atoms with Crippen LogP contribution in [0.3, 0.4) is 0 Å². The molecule has 0 radical (unpaired) electrons. The molecule has 0 saturated carbocycles. The third kappa shape index (κ3) is 11.1. The van der Waals surface area contributed by atoms with Crippen LogP contribution in [0, 0.1) is 0 Å². The van der Waals surface area contributed by atoms with Crippen LogP contribution in [0.2, 0.25) is 0 Å². The highest BCUT2D eigenvalue weighted by Crippen LogP contribution is 2.03. The molecule has 1 aliphatic rings. The quantitative estimate of drug-likeness (QED) is 0.234. The zero-order valence-electron chi connectivity index (χ0n) is 15.0. The lowest BCUT2D eigenvalue weighted by Gasteiger charge is -2.31. The highest BCUT2D eigenvalue weighted by Gasteiger charge is 2.16. The van der Waals surface area contributed by atoms with Gasteiger partial charge in [0.05, 0.1) is 19.8 Å². The highest BCUT2D eigenvalue weighted by atomic mass is 127. The average molecular weight is 442 g/mol. The summed E-state index contributed by atoms with van der Waals surface area (Å²) in [6.07, 6.45) is 3.46. The first-order chi connectivity index (χ1) is 10.8. The van der Waals surface area contributed by atoms with Gasteiger partial charge in [-0.2, -0.15) is 0 Å². The number of methoxy groups -OCH3 is 1. The molecule has 1 fully saturated rings. The minimum atomic E-state index is 0. The van der Waals surface area contributed by atoms with E-state index in [-0.39, 0.29) is 24.0 Å². The lowest BCUT2D eigenvalue weighted by Crippen LogP contribution is -2.44. The van der Waals surface area contributed by atoms with Crippen LogP contribution in [-0.2, 0) is 9.47 Å². The molecule has 0 amide bonds. The summed E-state index contributed by atoms with van der Waals surface area (Å²) in [6, 6.07) is 0.459. The van der Waals surface area contributed by atoms with Crippen molar-refractivity contribution in [3.63, 3.8) is 0 Å². The maximum Gasteiger partial charge on any atom is 0.191 e. The smallest absolute Gasteiger partial charge is 0.191 e. The van der Waals surface area contributed by atoms with Gasteiger partial charge < -0.3 is 20.1 Å². The van der Waals surface area contributed by atoms with Crippen molar-refractivity contribution in [3.05, 3.63) is 0 Å². The molecular weight excluding hydrogens is 407 g/mol. The van der Waals surface area contributed by atoms with Gasteiger partial charge in [0.1, 0.15) is 0 Å². The molecule has 6 nitrogen and oxygen atoms in total. The van der Waals surface area contributed by atoms with Crippen LogP contribution in [0.25, 0.3) is 0 Å². The van der Waals surface area contributed by atoms with E-state index in [1.165, 1.54) is 6.42 Å². The maximum atomic E-state index is 5.40. The Balaban J connectivity index is 0.00000484. The van der Waals surface area contributed by atoms with E-state index in [1.807, 2.05) is 0 Å². The number of ether oxygens (including phenoxy) is 2. The maximum absolute atomic E-state index is 5.40. The molecule has 0 aromatic heterocycles. The van der Waals surface area contributed by atoms with E-state index in [0.29, 0.717) is 6.04 Å². The van der Waals surface area contributed by atoms with E-state index in [1.54, 1.807) is 7.11 Å². The highest BCUT2D eigenvalue weighted by molar-refractivity contribution is 14.0. The molecule has 1 unspecified atom stereocenters. The number of morpholine rings is 1. The number of nitrogens with one attached hydrogen (secondary N) is 2. The SMILES string of the molecule is CCNC(=NCC(C)N1CCOCC1)NCCCCCOC.I. The molecule has 0 aromatic carbocycles. The molecular formula is C16H35IN4O2. The third-order valence-corrected chi connectivity index (χ3v) is 3.84. The van der Waals surface area contributed by atoms with Gasteiger partial charge >= 0.3 is 0 Å². The molecule has 1 aliphatic heterocycles. The fraction of sp³-hybridized carbons (Fsp3) is 0.938. The second-order valence-electron chi connectivity index (χ2n) is 5.70. The number of hydrogen-bond donors (Lipinski definition) is 2. The Kier molecular flexibility index (Phi) is 15.3. The Morgan fingerprint density at radius 1 is 1.22 bits per heavy atom. The van der Waals surface area contributed by atoms with E-state index >= 15 is 0 Å². The van der Waals surface area contributed by atoms with Crippen LogP contribution in [0.15, 0.2) is 4.99 Å². The molecule has 1 heterocycles. The average Bonchev–Trinajstić information content (AvgIpc) is 2.56. The van der Waals surface area contributed by atoms with Crippen molar-refractivity contribution in [1.82, 2.24) is 15.5 Å². The largest absolute Gasteiger partial charge is 0.385 e. The molecule has 0 aromatic rings. The van der Waals surface area contributed by atoms with Crippen molar-refractivity contribution in [2.75, 3.05) is 59.7 Å². The minimum Gasteiger partial charge on any atom is -0.385 e. The summed E-state index contributed by atoms with van der Waals surface area (Å²) in [5.74, 6) is 0.925. The molecule has 138 valence electrons. The Morgan fingerprint density at radius 3 is 2.61 bits per heavy atom. The van der Waals surface area contributed by atoms with Crippen molar-refractivity contribution >= 4 is 29.9 Å². The van der Waals surface area contributed by atoms with Crippen LogP contribution < -0.4 is 10.6 Å². The zero-order valence-corrected chi connectivity index (χ0v) is 17.3. The third-order valence-electron chi connectivity index (χ3n) is 3.84. The number of halogens is 1. The van der Waals surface area contributed by atoms with Crippen molar-refractivity contribution in [1.29, 1.82) is 0 Å². The molecule has 1 rings (SSSR count). The first kappa shape index (κ1) is 22.9. The topological polar surface area (TPSA) is 58.1 Å². The summed E-state index contributed by atoms with van der Waals surface area (Å²) in [6.45, 7) is 11.6. The van der Waals surface area contributed by atoms with Gasteiger partial charge in [0.2, 0.25) is 0 Å². The fourth-order valence-electron chi connectivity index (χ4n) is 2.45. The molecule has 23 heavy (non-hydrogen) atoms. The van der Waals surface area contributed by atoms with Crippen molar-refractivity contribution in [2.24, 2.45) is 4.99 Å². The summed E-state index contributed by atoms with van der Waals surface area (Å²) in [5, 5.41) is 6.72. The second kappa shape index (κ2) is 15.4. The molecule has 7 heteroatoms. The molecule has 0 aliphatic carbocycles. The van der Waals surface area contributed by atoms with Crippen molar-refractivity contribution in [2.45, 2.75) is 39.2 Å². The van der Waals surface area contributed by atoms with Gasteiger partial charge in [-0.3, -0.25) is 9.89 Å². The van der Waals surface area contributed by atoms with Crippen LogP contribution >= 0.6 is 24.0 Å². The lowest BCUT2D eigenvalue weighted by atomic mass is 10.2. The first-order valence-corrected chi connectivity index (χ1v) is 8.60. The zero-order chi connectivity index (χ0) is 16.0.